The van der Waals surface area contributed by atoms with Crippen molar-refractivity contribution in [1.29, 1.82) is 0 Å². The van der Waals surface area contributed by atoms with Gasteiger partial charge in [0.05, 0.1) is 0 Å². The first kappa shape index (κ1) is 12.0. The van der Waals surface area contributed by atoms with Crippen molar-refractivity contribution in [1.82, 2.24) is 4.57 Å². The van der Waals surface area contributed by atoms with Crippen LogP contribution in [0.2, 0.25) is 0 Å². The number of hydrogen-bond donors (Lipinski definition) is 0. The van der Waals surface area contributed by atoms with Crippen LogP contribution in [0.5, 0.6) is 0 Å². The van der Waals surface area contributed by atoms with Crippen molar-refractivity contribution in [3.8, 4) is 0 Å². The molecule has 0 saturated heterocycles. The van der Waals surface area contributed by atoms with Gasteiger partial charge in [0.25, 0.3) is 0 Å². The van der Waals surface area contributed by atoms with Crippen LogP contribution in [0, 0.1) is 5.92 Å². The topological polar surface area (TPSA) is 22.0 Å². The Bertz CT molecular complexity index is 310. The molecular formula is C13H21NO. The minimum atomic E-state index is 0.235. The van der Waals surface area contributed by atoms with Crippen molar-refractivity contribution in [3.05, 3.63) is 24.0 Å². The quantitative estimate of drug-likeness (QED) is 0.654. The van der Waals surface area contributed by atoms with Gasteiger partial charge in [-0.05, 0) is 12.0 Å². The van der Waals surface area contributed by atoms with Crippen LogP contribution in [-0.4, -0.2) is 10.4 Å². The van der Waals surface area contributed by atoms with Gasteiger partial charge in [0.2, 0.25) is 0 Å². The van der Waals surface area contributed by atoms with Gasteiger partial charge < -0.3 is 4.57 Å². The van der Waals surface area contributed by atoms with Crippen molar-refractivity contribution < 1.29 is 4.79 Å². The predicted molar refractivity (Wildman–Crippen MR) is 63.1 cm³/mol. The maximum absolute atomic E-state index is 11.4. The van der Waals surface area contributed by atoms with E-state index in [1.54, 1.807) is 0 Å². The monoisotopic (exact) mass is 207 g/mol. The minimum absolute atomic E-state index is 0.235. The Kier molecular flexibility index (Phi) is 4.60. The fraction of sp³-hybridized carbons (Fsp3) is 0.615. The fourth-order valence-corrected chi connectivity index (χ4v) is 1.77. The van der Waals surface area contributed by atoms with Gasteiger partial charge in [-0.3, -0.25) is 4.79 Å². The zero-order valence-corrected chi connectivity index (χ0v) is 9.99. The SMILES string of the molecule is CCC(=O)c1ccn(CC(CC)CC)c1. The molecule has 0 aliphatic carbocycles. The van der Waals surface area contributed by atoms with Gasteiger partial charge >= 0.3 is 0 Å². The number of nitrogens with zero attached hydrogens (tertiary/aromatic N) is 1. The van der Waals surface area contributed by atoms with E-state index in [0.717, 1.165) is 18.0 Å². The molecular weight excluding hydrogens is 186 g/mol. The van der Waals surface area contributed by atoms with Crippen LogP contribution >= 0.6 is 0 Å². The zero-order valence-electron chi connectivity index (χ0n) is 9.99. The number of ketones is 1. The fourth-order valence-electron chi connectivity index (χ4n) is 1.77. The molecule has 0 spiro atoms. The maximum Gasteiger partial charge on any atom is 0.164 e. The average molecular weight is 207 g/mol. The largest absolute Gasteiger partial charge is 0.353 e. The van der Waals surface area contributed by atoms with Crippen molar-refractivity contribution in [2.75, 3.05) is 0 Å². The summed E-state index contributed by atoms with van der Waals surface area (Å²) in [5, 5.41) is 0. The summed E-state index contributed by atoms with van der Waals surface area (Å²) in [6.07, 6.45) is 6.98. The van der Waals surface area contributed by atoms with Crippen molar-refractivity contribution in [3.63, 3.8) is 0 Å². The summed E-state index contributed by atoms with van der Waals surface area (Å²) in [7, 11) is 0. The van der Waals surface area contributed by atoms with Gasteiger partial charge in [-0.15, -0.1) is 0 Å². The number of carbonyl (C=O) groups is 1. The van der Waals surface area contributed by atoms with Crippen LogP contribution < -0.4 is 0 Å². The van der Waals surface area contributed by atoms with Crippen molar-refractivity contribution >= 4 is 5.78 Å². The van der Waals surface area contributed by atoms with E-state index in [-0.39, 0.29) is 5.78 Å². The first-order valence-electron chi connectivity index (χ1n) is 5.90. The molecule has 0 bridgehead atoms. The molecule has 2 nitrogen and oxygen atoms in total. The molecule has 0 fully saturated rings. The van der Waals surface area contributed by atoms with Gasteiger partial charge in [0.1, 0.15) is 0 Å². The Morgan fingerprint density at radius 1 is 1.33 bits per heavy atom. The highest BCUT2D eigenvalue weighted by Gasteiger charge is 2.07. The summed E-state index contributed by atoms with van der Waals surface area (Å²) in [5.74, 6) is 0.959. The first-order chi connectivity index (χ1) is 7.21. The first-order valence-corrected chi connectivity index (χ1v) is 5.90. The molecule has 0 unspecified atom stereocenters. The third kappa shape index (κ3) is 3.22. The van der Waals surface area contributed by atoms with E-state index < -0.39 is 0 Å². The Balaban J connectivity index is 2.63. The Morgan fingerprint density at radius 3 is 2.53 bits per heavy atom. The van der Waals surface area contributed by atoms with Gasteiger partial charge in [-0.1, -0.05) is 33.6 Å². The number of rotatable bonds is 6. The summed E-state index contributed by atoms with van der Waals surface area (Å²) in [4.78, 5) is 11.4. The Morgan fingerprint density at radius 2 is 2.00 bits per heavy atom. The summed E-state index contributed by atoms with van der Waals surface area (Å²) in [6, 6.07) is 1.92. The zero-order chi connectivity index (χ0) is 11.3. The second-order valence-corrected chi connectivity index (χ2v) is 4.06. The third-order valence-electron chi connectivity index (χ3n) is 3.02. The van der Waals surface area contributed by atoms with Crippen LogP contribution in [-0.2, 0) is 6.54 Å². The van der Waals surface area contributed by atoms with E-state index in [4.69, 9.17) is 0 Å². The maximum atomic E-state index is 11.4. The predicted octanol–water partition coefficient (Wildman–Crippen LogP) is 3.52. The molecule has 0 saturated carbocycles. The van der Waals surface area contributed by atoms with Crippen LogP contribution in [0.4, 0.5) is 0 Å². The molecule has 0 aliphatic rings. The molecule has 0 N–H and O–H groups in total. The van der Waals surface area contributed by atoms with E-state index in [2.05, 4.69) is 18.4 Å². The second kappa shape index (κ2) is 5.74. The molecule has 1 heterocycles. The molecule has 0 aliphatic heterocycles. The number of hydrogen-bond acceptors (Lipinski definition) is 1. The molecule has 1 rings (SSSR count). The lowest BCUT2D eigenvalue weighted by atomic mass is 10.0. The molecule has 0 amide bonds. The lowest BCUT2D eigenvalue weighted by molar-refractivity contribution is 0.0988. The van der Waals surface area contributed by atoms with Gasteiger partial charge in [-0.25, -0.2) is 0 Å². The minimum Gasteiger partial charge on any atom is -0.353 e. The number of Topliss-reactive ketones (excluding diaryl/α,β-unsaturated/α-hetero) is 1. The second-order valence-electron chi connectivity index (χ2n) is 4.06. The molecule has 0 radical (unpaired) electrons. The van der Waals surface area contributed by atoms with Crippen LogP contribution in [0.3, 0.4) is 0 Å². The molecule has 2 heteroatoms. The highest BCUT2D eigenvalue weighted by atomic mass is 16.1. The van der Waals surface area contributed by atoms with Crippen LogP contribution in [0.1, 0.15) is 50.4 Å². The van der Waals surface area contributed by atoms with Crippen molar-refractivity contribution in [2.24, 2.45) is 5.92 Å². The van der Waals surface area contributed by atoms with Crippen LogP contribution in [0.15, 0.2) is 18.5 Å². The summed E-state index contributed by atoms with van der Waals surface area (Å²) in [5.41, 5.74) is 0.850. The number of carbonyl (C=O) groups excluding carboxylic acids is 1. The highest BCUT2D eigenvalue weighted by molar-refractivity contribution is 5.95. The standard InChI is InChI=1S/C13H21NO/c1-4-11(5-2)9-14-8-7-12(10-14)13(15)6-3/h7-8,10-11H,4-6,9H2,1-3H3. The van der Waals surface area contributed by atoms with Gasteiger partial charge in [-0.2, -0.15) is 0 Å². The third-order valence-corrected chi connectivity index (χ3v) is 3.02. The van der Waals surface area contributed by atoms with E-state index in [9.17, 15) is 4.79 Å². The van der Waals surface area contributed by atoms with E-state index in [0.29, 0.717) is 6.42 Å². The van der Waals surface area contributed by atoms with E-state index in [1.807, 2.05) is 25.4 Å². The van der Waals surface area contributed by atoms with E-state index in [1.165, 1.54) is 12.8 Å². The number of aromatic nitrogens is 1. The summed E-state index contributed by atoms with van der Waals surface area (Å²) in [6.45, 7) is 7.37. The average Bonchev–Trinajstić information content (AvgIpc) is 2.73. The molecule has 1 aromatic rings. The Hall–Kier alpha value is -1.05. The molecule has 0 atom stereocenters. The smallest absolute Gasteiger partial charge is 0.164 e. The molecule has 0 aromatic carbocycles. The molecule has 84 valence electrons. The summed E-state index contributed by atoms with van der Waals surface area (Å²) >= 11 is 0. The Labute approximate surface area is 92.3 Å². The van der Waals surface area contributed by atoms with E-state index >= 15 is 0 Å². The van der Waals surface area contributed by atoms with Gasteiger partial charge in [0, 0.05) is 30.9 Å². The van der Waals surface area contributed by atoms with Crippen molar-refractivity contribution in [2.45, 2.75) is 46.6 Å². The highest BCUT2D eigenvalue weighted by Crippen LogP contribution is 2.12. The lowest BCUT2D eigenvalue weighted by Crippen LogP contribution is -2.07. The normalized spacial score (nSPS) is 10.9. The van der Waals surface area contributed by atoms with Crippen LogP contribution in [0.25, 0.3) is 0 Å². The van der Waals surface area contributed by atoms with Gasteiger partial charge in [0.15, 0.2) is 5.78 Å². The lowest BCUT2D eigenvalue weighted by Gasteiger charge is -2.12. The molecule has 1 aromatic heterocycles. The molecule has 15 heavy (non-hydrogen) atoms. The summed E-state index contributed by atoms with van der Waals surface area (Å²) < 4.78 is 2.14.